The summed E-state index contributed by atoms with van der Waals surface area (Å²) in [5, 5.41) is 9.14. The molecule has 3 rings (SSSR count). The van der Waals surface area contributed by atoms with Crippen LogP contribution in [0.25, 0.3) is 0 Å². The van der Waals surface area contributed by atoms with Gasteiger partial charge in [0.25, 0.3) is 0 Å². The molecule has 1 aliphatic rings. The Morgan fingerprint density at radius 2 is 1.93 bits per heavy atom. The van der Waals surface area contributed by atoms with Crippen LogP contribution < -0.4 is 4.74 Å². The van der Waals surface area contributed by atoms with Crippen LogP contribution in [-0.4, -0.2) is 52.1 Å². The van der Waals surface area contributed by atoms with E-state index in [1.54, 1.807) is 24.3 Å². The van der Waals surface area contributed by atoms with Gasteiger partial charge in [0.05, 0.1) is 36.9 Å². The van der Waals surface area contributed by atoms with Crippen molar-refractivity contribution in [1.82, 2.24) is 4.31 Å². The zero-order valence-corrected chi connectivity index (χ0v) is 16.6. The number of ether oxygens (including phenoxy) is 3. The molecule has 0 atom stereocenters. The molecule has 29 heavy (non-hydrogen) atoms. The Morgan fingerprint density at radius 1 is 1.21 bits per heavy atom. The van der Waals surface area contributed by atoms with E-state index < -0.39 is 16.0 Å². The van der Waals surface area contributed by atoms with Gasteiger partial charge in [-0.25, -0.2) is 13.2 Å². The maximum Gasteiger partial charge on any atom is 0.342 e. The predicted molar refractivity (Wildman–Crippen MR) is 103 cm³/mol. The lowest BCUT2D eigenvalue weighted by molar-refractivity contribution is 0.0468. The lowest BCUT2D eigenvalue weighted by Gasteiger charge is -2.26. The normalized spacial score (nSPS) is 14.8. The molecular weight excluding hydrogens is 396 g/mol. The topological polar surface area (TPSA) is 106 Å². The highest BCUT2D eigenvalue weighted by Crippen LogP contribution is 2.26. The van der Waals surface area contributed by atoms with Crippen LogP contribution in [0.1, 0.15) is 21.5 Å². The zero-order valence-electron chi connectivity index (χ0n) is 15.8. The van der Waals surface area contributed by atoms with Gasteiger partial charge in [0.2, 0.25) is 10.0 Å². The van der Waals surface area contributed by atoms with Gasteiger partial charge in [-0.2, -0.15) is 9.57 Å². The van der Waals surface area contributed by atoms with E-state index in [-0.39, 0.29) is 35.9 Å². The maximum absolute atomic E-state index is 12.9. The molecule has 0 bridgehead atoms. The second-order valence-corrected chi connectivity index (χ2v) is 8.16. The Labute approximate surface area is 169 Å². The SMILES string of the molecule is COc1ccc(S(=O)(=O)N2CCOCC2)cc1C(=O)OCc1ccccc1C#N. The first kappa shape index (κ1) is 20.8. The van der Waals surface area contributed by atoms with Crippen molar-refractivity contribution < 1.29 is 27.4 Å². The Kier molecular flexibility index (Phi) is 6.49. The lowest BCUT2D eigenvalue weighted by atomic mass is 10.1. The van der Waals surface area contributed by atoms with Gasteiger partial charge in [-0.1, -0.05) is 18.2 Å². The van der Waals surface area contributed by atoms with E-state index in [0.717, 1.165) is 0 Å². The summed E-state index contributed by atoms with van der Waals surface area (Å²) in [7, 11) is -2.39. The molecule has 0 spiro atoms. The van der Waals surface area contributed by atoms with Crippen LogP contribution in [0.3, 0.4) is 0 Å². The fourth-order valence-corrected chi connectivity index (χ4v) is 4.35. The summed E-state index contributed by atoms with van der Waals surface area (Å²) in [5.41, 5.74) is 0.951. The van der Waals surface area contributed by atoms with Crippen LogP contribution in [0, 0.1) is 11.3 Å². The van der Waals surface area contributed by atoms with Crippen molar-refractivity contribution in [3.63, 3.8) is 0 Å². The number of hydrogen-bond acceptors (Lipinski definition) is 7. The summed E-state index contributed by atoms with van der Waals surface area (Å²) in [6.07, 6.45) is 0. The van der Waals surface area contributed by atoms with Gasteiger partial charge < -0.3 is 14.2 Å². The average Bonchev–Trinajstić information content (AvgIpc) is 2.77. The third kappa shape index (κ3) is 4.56. The molecule has 2 aromatic rings. The van der Waals surface area contributed by atoms with Crippen molar-refractivity contribution >= 4 is 16.0 Å². The number of nitrogens with zero attached hydrogens (tertiary/aromatic N) is 2. The van der Waals surface area contributed by atoms with Gasteiger partial charge in [0.1, 0.15) is 17.9 Å². The van der Waals surface area contributed by atoms with Crippen LogP contribution in [0.2, 0.25) is 0 Å². The Morgan fingerprint density at radius 3 is 2.62 bits per heavy atom. The number of carbonyl (C=O) groups is 1. The van der Waals surface area contributed by atoms with Crippen molar-refractivity contribution in [3.8, 4) is 11.8 Å². The van der Waals surface area contributed by atoms with E-state index in [9.17, 15) is 13.2 Å². The third-order valence-corrected chi connectivity index (χ3v) is 6.39. The first-order valence-electron chi connectivity index (χ1n) is 8.88. The Balaban J connectivity index is 1.85. The summed E-state index contributed by atoms with van der Waals surface area (Å²) in [6, 6.07) is 12.9. The van der Waals surface area contributed by atoms with Crippen LogP contribution in [0.5, 0.6) is 5.75 Å². The van der Waals surface area contributed by atoms with E-state index in [2.05, 4.69) is 0 Å². The highest BCUT2D eigenvalue weighted by molar-refractivity contribution is 7.89. The van der Waals surface area contributed by atoms with E-state index >= 15 is 0 Å². The smallest absolute Gasteiger partial charge is 0.342 e. The number of rotatable bonds is 6. The number of hydrogen-bond donors (Lipinski definition) is 0. The molecule has 0 unspecified atom stereocenters. The highest BCUT2D eigenvalue weighted by atomic mass is 32.2. The molecular formula is C20H20N2O6S. The number of methoxy groups -OCH3 is 1. The van der Waals surface area contributed by atoms with Crippen LogP contribution >= 0.6 is 0 Å². The first-order valence-corrected chi connectivity index (χ1v) is 10.3. The second-order valence-electron chi connectivity index (χ2n) is 6.22. The summed E-state index contributed by atoms with van der Waals surface area (Å²) in [6.45, 7) is 1.02. The van der Waals surface area contributed by atoms with Gasteiger partial charge in [-0.3, -0.25) is 0 Å². The van der Waals surface area contributed by atoms with E-state index in [4.69, 9.17) is 19.5 Å². The molecule has 1 aliphatic heterocycles. The third-order valence-electron chi connectivity index (χ3n) is 4.50. The monoisotopic (exact) mass is 416 g/mol. The quantitative estimate of drug-likeness (QED) is 0.663. The first-order chi connectivity index (χ1) is 14.0. The highest BCUT2D eigenvalue weighted by Gasteiger charge is 2.28. The molecule has 0 aromatic heterocycles. The van der Waals surface area contributed by atoms with Crippen molar-refractivity contribution in [1.29, 1.82) is 5.26 Å². The number of sulfonamides is 1. The van der Waals surface area contributed by atoms with Crippen molar-refractivity contribution in [2.24, 2.45) is 0 Å². The minimum absolute atomic E-state index is 0.00345. The van der Waals surface area contributed by atoms with Gasteiger partial charge >= 0.3 is 5.97 Å². The van der Waals surface area contributed by atoms with Crippen molar-refractivity contribution in [2.45, 2.75) is 11.5 Å². The molecule has 0 N–H and O–H groups in total. The van der Waals surface area contributed by atoms with E-state index in [1.165, 1.54) is 29.6 Å². The largest absolute Gasteiger partial charge is 0.496 e. The Bertz CT molecular complexity index is 1040. The van der Waals surface area contributed by atoms with Gasteiger partial charge in [0, 0.05) is 18.7 Å². The molecule has 1 fully saturated rings. The van der Waals surface area contributed by atoms with Crippen molar-refractivity contribution in [3.05, 3.63) is 59.2 Å². The fraction of sp³-hybridized carbons (Fsp3) is 0.300. The standard InChI is InChI=1S/C20H20N2O6S/c1-26-19-7-6-17(29(24,25)22-8-10-27-11-9-22)12-18(19)20(23)28-14-16-5-3-2-4-15(16)13-21/h2-7,12H,8-11,14H2,1H3. The van der Waals surface area contributed by atoms with Gasteiger partial charge in [0.15, 0.2) is 0 Å². The number of morpholine rings is 1. The number of carbonyl (C=O) groups excluding carboxylic acids is 1. The molecule has 1 heterocycles. The van der Waals surface area contributed by atoms with Crippen LogP contribution in [0.15, 0.2) is 47.4 Å². The molecule has 0 radical (unpaired) electrons. The summed E-state index contributed by atoms with van der Waals surface area (Å²) >= 11 is 0. The minimum Gasteiger partial charge on any atom is -0.496 e. The molecule has 152 valence electrons. The average molecular weight is 416 g/mol. The molecule has 0 saturated carbocycles. The fourth-order valence-electron chi connectivity index (χ4n) is 2.92. The zero-order chi connectivity index (χ0) is 20.9. The predicted octanol–water partition coefficient (Wildman–Crippen LogP) is 1.94. The summed E-state index contributed by atoms with van der Waals surface area (Å²) < 4.78 is 42.8. The van der Waals surface area contributed by atoms with Gasteiger partial charge in [-0.15, -0.1) is 0 Å². The molecule has 2 aromatic carbocycles. The molecule has 1 saturated heterocycles. The molecule has 9 heteroatoms. The van der Waals surface area contributed by atoms with Gasteiger partial charge in [-0.05, 0) is 24.3 Å². The molecule has 0 aliphatic carbocycles. The molecule has 0 amide bonds. The number of nitriles is 1. The molecule has 8 nitrogen and oxygen atoms in total. The number of esters is 1. The maximum atomic E-state index is 12.9. The summed E-state index contributed by atoms with van der Waals surface area (Å²) in [5.74, 6) is -0.543. The van der Waals surface area contributed by atoms with Crippen LogP contribution in [0.4, 0.5) is 0 Å². The van der Waals surface area contributed by atoms with Crippen molar-refractivity contribution in [2.75, 3.05) is 33.4 Å². The summed E-state index contributed by atoms with van der Waals surface area (Å²) in [4.78, 5) is 12.6. The van der Waals surface area contributed by atoms with Crippen LogP contribution in [-0.2, 0) is 26.1 Å². The van der Waals surface area contributed by atoms with E-state index in [1.807, 2.05) is 6.07 Å². The van der Waals surface area contributed by atoms with E-state index in [0.29, 0.717) is 24.3 Å². The number of benzene rings is 2. The lowest BCUT2D eigenvalue weighted by Crippen LogP contribution is -2.40. The minimum atomic E-state index is -3.77. The second kappa shape index (κ2) is 9.05. The Hall–Kier alpha value is -2.93.